The predicted molar refractivity (Wildman–Crippen MR) is 164 cm³/mol. The second-order valence-corrected chi connectivity index (χ2v) is 10.8. The van der Waals surface area contributed by atoms with Gasteiger partial charge in [-0.15, -0.1) is 0 Å². The Hall–Kier alpha value is -5.30. The van der Waals surface area contributed by atoms with Crippen molar-refractivity contribution in [2.45, 2.75) is 18.9 Å². The maximum absolute atomic E-state index is 14.3. The van der Waals surface area contributed by atoms with Crippen molar-refractivity contribution in [2.24, 2.45) is 0 Å². The Morgan fingerprint density at radius 3 is 2.51 bits per heavy atom. The zero-order chi connectivity index (χ0) is 29.3. The number of phenolic OH excluding ortho intramolecular Hbond substituents is 1. The molecule has 5 aromatic carbocycles. The van der Waals surface area contributed by atoms with E-state index in [4.69, 9.17) is 9.47 Å². The average Bonchev–Trinajstić information content (AvgIpc) is 3.04. The van der Waals surface area contributed by atoms with E-state index in [1.807, 2.05) is 89.8 Å². The fourth-order valence-corrected chi connectivity index (χ4v) is 6.01. The van der Waals surface area contributed by atoms with E-state index in [1.54, 1.807) is 12.1 Å². The van der Waals surface area contributed by atoms with Gasteiger partial charge in [0, 0.05) is 18.7 Å². The predicted octanol–water partition coefficient (Wildman–Crippen LogP) is 6.64. The van der Waals surface area contributed by atoms with E-state index in [0.29, 0.717) is 55.4 Å². The second kappa shape index (κ2) is 11.2. The first-order valence-corrected chi connectivity index (χ1v) is 14.5. The lowest BCUT2D eigenvalue weighted by Gasteiger charge is -2.38. The van der Waals surface area contributed by atoms with Crippen LogP contribution in [-0.4, -0.2) is 41.5 Å². The average molecular weight is 571 g/mol. The summed E-state index contributed by atoms with van der Waals surface area (Å²) < 4.78 is 12.1. The summed E-state index contributed by atoms with van der Waals surface area (Å²) in [4.78, 5) is 29.0. The van der Waals surface area contributed by atoms with Crippen LogP contribution in [0.15, 0.2) is 103 Å². The van der Waals surface area contributed by atoms with Crippen LogP contribution >= 0.6 is 0 Å². The summed E-state index contributed by atoms with van der Waals surface area (Å²) in [6, 6.07) is 32.0. The first-order valence-electron chi connectivity index (χ1n) is 14.5. The molecule has 2 amide bonds. The minimum Gasteiger partial charge on any atom is -0.507 e. The molecule has 0 aromatic heterocycles. The third kappa shape index (κ3) is 5.14. The van der Waals surface area contributed by atoms with Crippen LogP contribution in [0, 0.1) is 0 Å². The van der Waals surface area contributed by atoms with Crippen molar-refractivity contribution in [1.29, 1.82) is 0 Å². The third-order valence-electron chi connectivity index (χ3n) is 8.14. The van der Waals surface area contributed by atoms with Gasteiger partial charge in [0.1, 0.15) is 23.0 Å². The topological polar surface area (TPSA) is 88.1 Å². The summed E-state index contributed by atoms with van der Waals surface area (Å²) in [6.45, 7) is 1.33. The van der Waals surface area contributed by atoms with Crippen LogP contribution in [0.25, 0.3) is 10.8 Å². The van der Waals surface area contributed by atoms with Gasteiger partial charge in [0.15, 0.2) is 0 Å². The molecule has 0 radical (unpaired) electrons. The Morgan fingerprint density at radius 1 is 0.860 bits per heavy atom. The van der Waals surface area contributed by atoms with Crippen LogP contribution in [0.4, 0.5) is 0 Å². The molecular weight excluding hydrogens is 540 g/mol. The highest BCUT2D eigenvalue weighted by Crippen LogP contribution is 2.39. The van der Waals surface area contributed by atoms with E-state index in [-0.39, 0.29) is 29.2 Å². The van der Waals surface area contributed by atoms with Crippen LogP contribution in [-0.2, 0) is 6.42 Å². The number of nitrogens with one attached hydrogen (secondary N) is 1. The summed E-state index contributed by atoms with van der Waals surface area (Å²) in [5, 5.41) is 15.1. The van der Waals surface area contributed by atoms with Gasteiger partial charge >= 0.3 is 0 Å². The molecule has 0 saturated heterocycles. The molecule has 2 N–H and O–H groups in total. The number of amides is 2. The highest BCUT2D eigenvalue weighted by atomic mass is 16.5. The number of rotatable bonds is 1. The monoisotopic (exact) mass is 570 g/mol. The van der Waals surface area contributed by atoms with Gasteiger partial charge in [-0.05, 0) is 88.8 Å². The number of carbonyl (C=O) groups excluding carboxylic acids is 2. The molecular formula is C36H30N2O5. The third-order valence-corrected chi connectivity index (χ3v) is 8.14. The van der Waals surface area contributed by atoms with E-state index in [2.05, 4.69) is 5.32 Å². The number of benzene rings is 5. The van der Waals surface area contributed by atoms with Crippen LogP contribution in [0.2, 0.25) is 0 Å². The van der Waals surface area contributed by atoms with Crippen molar-refractivity contribution < 1.29 is 24.2 Å². The molecule has 4 aliphatic heterocycles. The molecule has 0 saturated carbocycles. The number of fused-ring (bicyclic) bond motifs is 2. The van der Waals surface area contributed by atoms with Gasteiger partial charge in [-0.2, -0.15) is 0 Å². The summed E-state index contributed by atoms with van der Waals surface area (Å²) in [6.07, 6.45) is 1.25. The fourth-order valence-electron chi connectivity index (χ4n) is 6.01. The molecule has 7 heteroatoms. The molecule has 1 atom stereocenters. The quantitative estimate of drug-likeness (QED) is 0.236. The number of ether oxygens (including phenoxy) is 2. The SMILES string of the molecule is O=C1NCCCOc2ccc(cc2)C2c3ccc(cc3CCN2C(=O)c2cccc3ccccc23)Oc2ccc(O)c1c2. The van der Waals surface area contributed by atoms with Gasteiger partial charge in [-0.25, -0.2) is 0 Å². The lowest BCUT2D eigenvalue weighted by atomic mass is 9.87. The molecule has 5 aromatic rings. The normalized spacial score (nSPS) is 16.4. The lowest BCUT2D eigenvalue weighted by molar-refractivity contribution is 0.0696. The fraction of sp³-hybridized carbons (Fsp3) is 0.167. The summed E-state index contributed by atoms with van der Waals surface area (Å²) in [5.41, 5.74) is 3.93. The molecule has 4 heterocycles. The molecule has 7 nitrogen and oxygen atoms in total. The Labute approximate surface area is 249 Å². The molecule has 0 aliphatic carbocycles. The van der Waals surface area contributed by atoms with E-state index in [0.717, 1.165) is 27.5 Å². The highest BCUT2D eigenvalue weighted by molar-refractivity contribution is 6.07. The maximum atomic E-state index is 14.3. The Morgan fingerprint density at radius 2 is 1.63 bits per heavy atom. The number of phenols is 1. The minimum absolute atomic E-state index is 0.0136. The Balaban J connectivity index is 1.31. The summed E-state index contributed by atoms with van der Waals surface area (Å²) in [5.74, 6) is 1.26. The molecule has 8 bridgehead atoms. The lowest BCUT2D eigenvalue weighted by Crippen LogP contribution is -2.40. The van der Waals surface area contributed by atoms with Crippen LogP contribution in [0.3, 0.4) is 0 Å². The molecule has 43 heavy (non-hydrogen) atoms. The number of aromatic hydroxyl groups is 1. The molecule has 4 aliphatic rings. The number of hydrogen-bond acceptors (Lipinski definition) is 5. The molecule has 1 unspecified atom stereocenters. The second-order valence-electron chi connectivity index (χ2n) is 10.8. The number of nitrogens with zero attached hydrogens (tertiary/aromatic N) is 1. The van der Waals surface area contributed by atoms with Crippen LogP contribution < -0.4 is 14.8 Å². The van der Waals surface area contributed by atoms with Gasteiger partial charge in [0.25, 0.3) is 11.8 Å². The molecule has 0 fully saturated rings. The van der Waals surface area contributed by atoms with Crippen molar-refractivity contribution in [2.75, 3.05) is 19.7 Å². The largest absolute Gasteiger partial charge is 0.507 e. The molecule has 0 spiro atoms. The van der Waals surface area contributed by atoms with Crippen molar-refractivity contribution in [3.05, 3.63) is 131 Å². The smallest absolute Gasteiger partial charge is 0.255 e. The summed E-state index contributed by atoms with van der Waals surface area (Å²) >= 11 is 0. The van der Waals surface area contributed by atoms with Crippen molar-refractivity contribution >= 4 is 22.6 Å². The first-order chi connectivity index (χ1) is 21.0. The zero-order valence-corrected chi connectivity index (χ0v) is 23.5. The van der Waals surface area contributed by atoms with E-state index < -0.39 is 0 Å². The molecule has 9 rings (SSSR count). The van der Waals surface area contributed by atoms with Crippen molar-refractivity contribution in [1.82, 2.24) is 10.2 Å². The minimum atomic E-state index is -0.380. The van der Waals surface area contributed by atoms with Gasteiger partial charge in [0.05, 0.1) is 18.2 Å². The van der Waals surface area contributed by atoms with Gasteiger partial charge in [0.2, 0.25) is 0 Å². The highest BCUT2D eigenvalue weighted by Gasteiger charge is 2.33. The Bertz CT molecular complexity index is 1840. The van der Waals surface area contributed by atoms with Gasteiger partial charge in [-0.3, -0.25) is 9.59 Å². The molecule has 214 valence electrons. The van der Waals surface area contributed by atoms with Crippen molar-refractivity contribution in [3.8, 4) is 23.0 Å². The van der Waals surface area contributed by atoms with E-state index >= 15 is 0 Å². The summed E-state index contributed by atoms with van der Waals surface area (Å²) in [7, 11) is 0. The zero-order valence-electron chi connectivity index (χ0n) is 23.5. The van der Waals surface area contributed by atoms with Crippen LogP contribution in [0.1, 0.15) is 49.9 Å². The van der Waals surface area contributed by atoms with Crippen LogP contribution in [0.5, 0.6) is 23.0 Å². The first kappa shape index (κ1) is 26.6. The van der Waals surface area contributed by atoms with E-state index in [9.17, 15) is 14.7 Å². The van der Waals surface area contributed by atoms with Gasteiger partial charge in [-0.1, -0.05) is 54.6 Å². The standard InChI is InChI=1S/C36H30N2O5/c39-33-16-14-28-22-32(33)35(40)37-18-4-20-42-26-11-9-24(10-12-26)34-30-15-13-27(43-28)21-25(30)17-19-38(34)36(41)31-8-3-6-23-5-1-2-7-29(23)31/h1-3,5-16,21-22,34,39H,4,17-20H2,(H,37,40). The van der Waals surface area contributed by atoms with Gasteiger partial charge < -0.3 is 24.8 Å². The Kier molecular flexibility index (Phi) is 6.91. The number of carbonyl (C=O) groups is 2. The van der Waals surface area contributed by atoms with E-state index in [1.165, 1.54) is 6.07 Å². The maximum Gasteiger partial charge on any atom is 0.255 e. The van der Waals surface area contributed by atoms with Crippen molar-refractivity contribution in [3.63, 3.8) is 0 Å². The number of hydrogen-bond donors (Lipinski definition) is 2.